The van der Waals surface area contributed by atoms with Gasteiger partial charge in [0.2, 0.25) is 0 Å². The Hall–Kier alpha value is -1.55. The fourth-order valence-corrected chi connectivity index (χ4v) is 3.81. The zero-order chi connectivity index (χ0) is 15.7. The van der Waals surface area contributed by atoms with Gasteiger partial charge in [-0.25, -0.2) is 0 Å². The summed E-state index contributed by atoms with van der Waals surface area (Å²) in [5.41, 5.74) is 8.93. The number of nitrogens with zero attached hydrogens (tertiary/aromatic N) is 2. The molecule has 2 unspecified atom stereocenters. The second-order valence-electron chi connectivity index (χ2n) is 6.86. The van der Waals surface area contributed by atoms with Crippen molar-refractivity contribution in [1.29, 1.82) is 0 Å². The van der Waals surface area contributed by atoms with Crippen LogP contribution in [-0.2, 0) is 0 Å². The van der Waals surface area contributed by atoms with Crippen molar-refractivity contribution in [3.63, 3.8) is 0 Å². The fraction of sp³-hybridized carbons (Fsp3) is 0.611. The van der Waals surface area contributed by atoms with Crippen molar-refractivity contribution in [1.82, 2.24) is 4.90 Å². The summed E-state index contributed by atoms with van der Waals surface area (Å²) < 4.78 is 0. The topological polar surface area (TPSA) is 49.6 Å². The Kier molecular flexibility index (Phi) is 4.39. The fourth-order valence-electron chi connectivity index (χ4n) is 3.81. The van der Waals surface area contributed by atoms with Crippen molar-refractivity contribution >= 4 is 11.6 Å². The van der Waals surface area contributed by atoms with Crippen LogP contribution in [0.2, 0.25) is 0 Å². The second-order valence-corrected chi connectivity index (χ2v) is 6.86. The molecular formula is C18H27N3O. The molecule has 0 radical (unpaired) electrons. The Morgan fingerprint density at radius 3 is 2.68 bits per heavy atom. The molecule has 2 aliphatic rings. The zero-order valence-electron chi connectivity index (χ0n) is 13.7. The van der Waals surface area contributed by atoms with Crippen molar-refractivity contribution in [2.45, 2.75) is 39.2 Å². The van der Waals surface area contributed by atoms with Crippen LogP contribution in [0.15, 0.2) is 18.2 Å². The van der Waals surface area contributed by atoms with Crippen molar-refractivity contribution in [2.75, 3.05) is 31.1 Å². The Bertz CT molecular complexity index is 551. The highest BCUT2D eigenvalue weighted by molar-refractivity contribution is 6.00. The SMILES string of the molecule is Cc1ccc(N2CCCC2)c(C(=O)N2CC(CN)CC2C)c1. The minimum Gasteiger partial charge on any atom is -0.371 e. The third-order valence-corrected chi connectivity index (χ3v) is 5.08. The highest BCUT2D eigenvalue weighted by Crippen LogP contribution is 2.30. The summed E-state index contributed by atoms with van der Waals surface area (Å²) in [7, 11) is 0. The average molecular weight is 301 g/mol. The van der Waals surface area contributed by atoms with Crippen LogP contribution in [0.3, 0.4) is 0 Å². The predicted molar refractivity (Wildman–Crippen MR) is 90.3 cm³/mol. The number of benzene rings is 1. The van der Waals surface area contributed by atoms with Crippen molar-refractivity contribution < 1.29 is 4.79 Å². The normalized spacial score (nSPS) is 25.0. The smallest absolute Gasteiger partial charge is 0.256 e. The number of carbonyl (C=O) groups is 1. The van der Waals surface area contributed by atoms with Crippen LogP contribution in [-0.4, -0.2) is 43.0 Å². The van der Waals surface area contributed by atoms with E-state index >= 15 is 0 Å². The lowest BCUT2D eigenvalue weighted by Gasteiger charge is -2.26. The third kappa shape index (κ3) is 2.84. The molecule has 4 nitrogen and oxygen atoms in total. The highest BCUT2D eigenvalue weighted by atomic mass is 16.2. The number of carbonyl (C=O) groups excluding carboxylic acids is 1. The number of aryl methyl sites for hydroxylation is 1. The summed E-state index contributed by atoms with van der Waals surface area (Å²) in [5.74, 6) is 0.619. The summed E-state index contributed by atoms with van der Waals surface area (Å²) >= 11 is 0. The maximum atomic E-state index is 13.1. The van der Waals surface area contributed by atoms with Crippen molar-refractivity contribution in [3.05, 3.63) is 29.3 Å². The molecule has 4 heteroatoms. The highest BCUT2D eigenvalue weighted by Gasteiger charge is 2.33. The van der Waals surface area contributed by atoms with Gasteiger partial charge in [0.1, 0.15) is 0 Å². The third-order valence-electron chi connectivity index (χ3n) is 5.08. The molecule has 1 aromatic rings. The number of nitrogens with two attached hydrogens (primary N) is 1. The first-order chi connectivity index (χ1) is 10.6. The van der Waals surface area contributed by atoms with E-state index in [0.717, 1.165) is 42.9 Å². The van der Waals surface area contributed by atoms with Crippen LogP contribution in [0, 0.1) is 12.8 Å². The molecule has 2 atom stereocenters. The van der Waals surface area contributed by atoms with Gasteiger partial charge >= 0.3 is 0 Å². The first-order valence-electron chi connectivity index (χ1n) is 8.46. The first-order valence-corrected chi connectivity index (χ1v) is 8.46. The summed E-state index contributed by atoms with van der Waals surface area (Å²) in [6.07, 6.45) is 3.46. The summed E-state index contributed by atoms with van der Waals surface area (Å²) in [6, 6.07) is 6.57. The van der Waals surface area contributed by atoms with Gasteiger partial charge in [0.05, 0.1) is 5.56 Å². The van der Waals surface area contributed by atoms with E-state index in [0.29, 0.717) is 12.5 Å². The second kappa shape index (κ2) is 6.29. The van der Waals surface area contributed by atoms with Gasteiger partial charge in [-0.3, -0.25) is 4.79 Å². The van der Waals surface area contributed by atoms with Gasteiger partial charge < -0.3 is 15.5 Å². The zero-order valence-corrected chi connectivity index (χ0v) is 13.7. The Labute approximate surface area is 133 Å². The Balaban J connectivity index is 1.89. The average Bonchev–Trinajstić information content (AvgIpc) is 3.15. The molecule has 0 aliphatic carbocycles. The van der Waals surface area contributed by atoms with E-state index < -0.39 is 0 Å². The van der Waals surface area contributed by atoms with E-state index in [2.05, 4.69) is 36.9 Å². The molecule has 1 amide bonds. The molecule has 2 fully saturated rings. The van der Waals surface area contributed by atoms with Crippen LogP contribution in [0.5, 0.6) is 0 Å². The summed E-state index contributed by atoms with van der Waals surface area (Å²) in [4.78, 5) is 17.5. The molecular weight excluding hydrogens is 274 g/mol. The van der Waals surface area contributed by atoms with Crippen LogP contribution in [0.4, 0.5) is 5.69 Å². The van der Waals surface area contributed by atoms with Gasteiger partial charge in [0, 0.05) is 31.4 Å². The molecule has 0 spiro atoms. The largest absolute Gasteiger partial charge is 0.371 e. The lowest BCUT2D eigenvalue weighted by molar-refractivity contribution is 0.0744. The number of hydrogen-bond acceptors (Lipinski definition) is 3. The number of hydrogen-bond donors (Lipinski definition) is 1. The van der Waals surface area contributed by atoms with Crippen molar-refractivity contribution in [3.8, 4) is 0 Å². The van der Waals surface area contributed by atoms with Gasteiger partial charge in [-0.1, -0.05) is 11.6 Å². The first kappa shape index (κ1) is 15.3. The number of amides is 1. The molecule has 22 heavy (non-hydrogen) atoms. The van der Waals surface area contributed by atoms with E-state index in [-0.39, 0.29) is 11.9 Å². The van der Waals surface area contributed by atoms with E-state index in [4.69, 9.17) is 5.73 Å². The number of likely N-dealkylation sites (tertiary alicyclic amines) is 1. The minimum absolute atomic E-state index is 0.175. The van der Waals surface area contributed by atoms with E-state index in [1.807, 2.05) is 4.90 Å². The van der Waals surface area contributed by atoms with Crippen LogP contribution in [0.1, 0.15) is 42.1 Å². The molecule has 0 bridgehead atoms. The molecule has 3 rings (SSSR count). The summed E-state index contributed by atoms with van der Waals surface area (Å²) in [5, 5.41) is 0. The molecule has 2 N–H and O–H groups in total. The molecule has 2 heterocycles. The molecule has 2 aliphatic heterocycles. The van der Waals surface area contributed by atoms with Crippen LogP contribution < -0.4 is 10.6 Å². The Morgan fingerprint density at radius 1 is 1.32 bits per heavy atom. The van der Waals surface area contributed by atoms with E-state index in [1.54, 1.807) is 0 Å². The van der Waals surface area contributed by atoms with Gasteiger partial charge in [-0.2, -0.15) is 0 Å². The van der Waals surface area contributed by atoms with Gasteiger partial charge in [-0.15, -0.1) is 0 Å². The molecule has 2 saturated heterocycles. The summed E-state index contributed by atoms with van der Waals surface area (Å²) in [6.45, 7) is 7.78. The van der Waals surface area contributed by atoms with E-state index in [1.165, 1.54) is 12.8 Å². The van der Waals surface area contributed by atoms with Gasteiger partial charge in [0.25, 0.3) is 5.91 Å². The lowest BCUT2D eigenvalue weighted by atomic mass is 10.1. The Morgan fingerprint density at radius 2 is 2.05 bits per heavy atom. The van der Waals surface area contributed by atoms with Crippen LogP contribution in [0.25, 0.3) is 0 Å². The minimum atomic E-state index is 0.175. The molecule has 120 valence electrons. The maximum Gasteiger partial charge on any atom is 0.256 e. The van der Waals surface area contributed by atoms with Gasteiger partial charge in [-0.05, 0) is 57.7 Å². The maximum absolute atomic E-state index is 13.1. The van der Waals surface area contributed by atoms with Crippen molar-refractivity contribution in [2.24, 2.45) is 11.7 Å². The molecule has 1 aromatic carbocycles. The van der Waals surface area contributed by atoms with Gasteiger partial charge in [0.15, 0.2) is 0 Å². The predicted octanol–water partition coefficient (Wildman–Crippen LogP) is 2.40. The lowest BCUT2D eigenvalue weighted by Crippen LogP contribution is -2.35. The number of rotatable bonds is 3. The molecule has 0 aromatic heterocycles. The monoisotopic (exact) mass is 301 g/mol. The standard InChI is InChI=1S/C18H27N3O/c1-13-5-6-17(20-7-3-4-8-20)16(9-13)18(22)21-12-15(11-19)10-14(21)2/h5-6,9,14-15H,3-4,7-8,10-12,19H2,1-2H3. The van der Waals surface area contributed by atoms with Crippen LogP contribution >= 0.6 is 0 Å². The number of anilines is 1. The quantitative estimate of drug-likeness (QED) is 0.932. The molecule has 0 saturated carbocycles. The van der Waals surface area contributed by atoms with E-state index in [9.17, 15) is 4.79 Å².